The lowest BCUT2D eigenvalue weighted by Gasteiger charge is -1.98. The van der Waals surface area contributed by atoms with E-state index < -0.39 is 0 Å². The Morgan fingerprint density at radius 3 is 2.94 bits per heavy atom. The van der Waals surface area contributed by atoms with Crippen LogP contribution in [0.1, 0.15) is 5.82 Å². The molecule has 0 saturated carbocycles. The SMILES string of the molecule is NCCc1nc(-c2ccc(F)cc2Br)n[nH]1. The maximum Gasteiger partial charge on any atom is 0.182 e. The van der Waals surface area contributed by atoms with Gasteiger partial charge in [0.2, 0.25) is 0 Å². The number of aromatic nitrogens is 3. The number of halogens is 2. The van der Waals surface area contributed by atoms with Gasteiger partial charge in [0.25, 0.3) is 0 Å². The Morgan fingerprint density at radius 1 is 1.44 bits per heavy atom. The number of nitrogens with two attached hydrogens (primary N) is 1. The van der Waals surface area contributed by atoms with E-state index in [4.69, 9.17) is 5.73 Å². The Morgan fingerprint density at radius 2 is 2.25 bits per heavy atom. The number of benzene rings is 1. The minimum absolute atomic E-state index is 0.298. The van der Waals surface area contributed by atoms with E-state index in [2.05, 4.69) is 31.1 Å². The zero-order valence-electron chi connectivity index (χ0n) is 8.37. The molecule has 0 fully saturated rings. The summed E-state index contributed by atoms with van der Waals surface area (Å²) in [5, 5.41) is 6.84. The summed E-state index contributed by atoms with van der Waals surface area (Å²) in [6.07, 6.45) is 0.645. The number of hydrogen-bond donors (Lipinski definition) is 2. The monoisotopic (exact) mass is 284 g/mol. The molecule has 0 radical (unpaired) electrons. The van der Waals surface area contributed by atoms with E-state index >= 15 is 0 Å². The van der Waals surface area contributed by atoms with Crippen molar-refractivity contribution in [1.82, 2.24) is 15.2 Å². The number of nitrogens with zero attached hydrogens (tertiary/aromatic N) is 2. The van der Waals surface area contributed by atoms with Gasteiger partial charge in [-0.2, -0.15) is 5.10 Å². The maximum atomic E-state index is 12.9. The minimum atomic E-state index is -0.298. The number of rotatable bonds is 3. The lowest BCUT2D eigenvalue weighted by Crippen LogP contribution is -2.03. The summed E-state index contributed by atoms with van der Waals surface area (Å²) < 4.78 is 13.5. The van der Waals surface area contributed by atoms with Crippen molar-refractivity contribution in [1.29, 1.82) is 0 Å². The first-order valence-electron chi connectivity index (χ1n) is 4.77. The third kappa shape index (κ3) is 2.28. The second-order valence-electron chi connectivity index (χ2n) is 3.27. The van der Waals surface area contributed by atoms with Gasteiger partial charge in [-0.15, -0.1) is 0 Å². The van der Waals surface area contributed by atoms with Crippen LogP contribution in [0.3, 0.4) is 0 Å². The first-order valence-corrected chi connectivity index (χ1v) is 5.57. The second-order valence-corrected chi connectivity index (χ2v) is 4.12. The fourth-order valence-corrected chi connectivity index (χ4v) is 1.86. The molecule has 0 aliphatic rings. The van der Waals surface area contributed by atoms with Crippen molar-refractivity contribution in [3.8, 4) is 11.4 Å². The highest BCUT2D eigenvalue weighted by molar-refractivity contribution is 9.10. The highest BCUT2D eigenvalue weighted by Crippen LogP contribution is 2.26. The molecular formula is C10H10BrFN4. The first-order chi connectivity index (χ1) is 7.70. The van der Waals surface area contributed by atoms with Crippen LogP contribution in [-0.4, -0.2) is 21.7 Å². The van der Waals surface area contributed by atoms with E-state index in [-0.39, 0.29) is 5.82 Å². The Hall–Kier alpha value is -1.27. The number of aromatic amines is 1. The molecule has 0 spiro atoms. The zero-order chi connectivity index (χ0) is 11.5. The summed E-state index contributed by atoms with van der Waals surface area (Å²) in [4.78, 5) is 4.26. The molecule has 3 N–H and O–H groups in total. The third-order valence-corrected chi connectivity index (χ3v) is 2.74. The topological polar surface area (TPSA) is 67.6 Å². The normalized spacial score (nSPS) is 10.7. The maximum absolute atomic E-state index is 12.9. The molecule has 2 aromatic rings. The molecule has 1 aromatic carbocycles. The molecule has 0 aliphatic heterocycles. The first kappa shape index (κ1) is 11.2. The molecule has 1 heterocycles. The fraction of sp³-hybridized carbons (Fsp3) is 0.200. The highest BCUT2D eigenvalue weighted by atomic mass is 79.9. The summed E-state index contributed by atoms with van der Waals surface area (Å²) in [5.41, 5.74) is 6.16. The van der Waals surface area contributed by atoms with Crippen LogP contribution in [0.2, 0.25) is 0 Å². The van der Waals surface area contributed by atoms with Crippen LogP contribution in [0, 0.1) is 5.82 Å². The summed E-state index contributed by atoms with van der Waals surface area (Å²) in [6, 6.07) is 4.39. The lowest BCUT2D eigenvalue weighted by molar-refractivity contribution is 0.627. The molecule has 0 unspecified atom stereocenters. The van der Waals surface area contributed by atoms with Crippen molar-refractivity contribution in [3.05, 3.63) is 34.3 Å². The van der Waals surface area contributed by atoms with Crippen LogP contribution in [0.4, 0.5) is 4.39 Å². The predicted molar refractivity (Wildman–Crippen MR) is 62.2 cm³/mol. The third-order valence-electron chi connectivity index (χ3n) is 2.08. The van der Waals surface area contributed by atoms with E-state index in [9.17, 15) is 4.39 Å². The fourth-order valence-electron chi connectivity index (χ4n) is 1.34. The lowest BCUT2D eigenvalue weighted by atomic mass is 10.2. The van der Waals surface area contributed by atoms with Crippen molar-refractivity contribution < 1.29 is 4.39 Å². The van der Waals surface area contributed by atoms with Crippen molar-refractivity contribution in [2.75, 3.05) is 6.54 Å². The minimum Gasteiger partial charge on any atom is -0.330 e. The average molecular weight is 285 g/mol. The number of nitrogens with one attached hydrogen (secondary N) is 1. The van der Waals surface area contributed by atoms with E-state index in [1.807, 2.05) is 0 Å². The molecule has 2 rings (SSSR count). The van der Waals surface area contributed by atoms with Crippen LogP contribution in [0.15, 0.2) is 22.7 Å². The van der Waals surface area contributed by atoms with Gasteiger partial charge in [-0.05, 0) is 40.7 Å². The Kier molecular flexibility index (Phi) is 3.31. The molecule has 0 bridgehead atoms. The molecule has 0 atom stereocenters. The molecule has 84 valence electrons. The molecular weight excluding hydrogens is 275 g/mol. The smallest absolute Gasteiger partial charge is 0.182 e. The van der Waals surface area contributed by atoms with Crippen molar-refractivity contribution >= 4 is 15.9 Å². The van der Waals surface area contributed by atoms with Crippen LogP contribution in [0.5, 0.6) is 0 Å². The zero-order valence-corrected chi connectivity index (χ0v) is 9.96. The van der Waals surface area contributed by atoms with Gasteiger partial charge in [-0.25, -0.2) is 9.37 Å². The van der Waals surface area contributed by atoms with E-state index in [1.165, 1.54) is 12.1 Å². The summed E-state index contributed by atoms with van der Waals surface area (Å²) in [5.74, 6) is 0.970. The molecule has 0 amide bonds. The van der Waals surface area contributed by atoms with Crippen LogP contribution in [-0.2, 0) is 6.42 Å². The van der Waals surface area contributed by atoms with Gasteiger partial charge in [-0.3, -0.25) is 5.10 Å². The molecule has 1 aromatic heterocycles. The summed E-state index contributed by atoms with van der Waals surface area (Å²) in [7, 11) is 0. The molecule has 0 saturated heterocycles. The van der Waals surface area contributed by atoms with Gasteiger partial charge in [0.15, 0.2) is 5.82 Å². The number of hydrogen-bond acceptors (Lipinski definition) is 3. The van der Waals surface area contributed by atoms with Gasteiger partial charge in [0, 0.05) is 16.5 Å². The predicted octanol–water partition coefficient (Wildman–Crippen LogP) is 1.87. The van der Waals surface area contributed by atoms with Crippen molar-refractivity contribution in [3.63, 3.8) is 0 Å². The highest BCUT2D eigenvalue weighted by Gasteiger charge is 2.09. The standard InChI is InChI=1S/C10H10BrFN4/c11-8-5-6(12)1-2-7(8)10-14-9(3-4-13)15-16-10/h1-2,5H,3-4,13H2,(H,14,15,16). The van der Waals surface area contributed by atoms with Crippen molar-refractivity contribution in [2.45, 2.75) is 6.42 Å². The van der Waals surface area contributed by atoms with Gasteiger partial charge in [0.05, 0.1) is 0 Å². The molecule has 6 heteroatoms. The number of H-pyrrole nitrogens is 1. The molecule has 16 heavy (non-hydrogen) atoms. The Balaban J connectivity index is 2.35. The van der Waals surface area contributed by atoms with Crippen LogP contribution < -0.4 is 5.73 Å². The van der Waals surface area contributed by atoms with Crippen LogP contribution >= 0.6 is 15.9 Å². The van der Waals surface area contributed by atoms with Gasteiger partial charge in [-0.1, -0.05) is 0 Å². The molecule has 4 nitrogen and oxygen atoms in total. The van der Waals surface area contributed by atoms with E-state index in [1.54, 1.807) is 6.07 Å². The second kappa shape index (κ2) is 4.71. The van der Waals surface area contributed by atoms with Crippen LogP contribution in [0.25, 0.3) is 11.4 Å². The van der Waals surface area contributed by atoms with Gasteiger partial charge >= 0.3 is 0 Å². The molecule has 0 aliphatic carbocycles. The summed E-state index contributed by atoms with van der Waals surface area (Å²) in [6.45, 7) is 0.513. The Labute approximate surface area is 100 Å². The average Bonchev–Trinajstić information content (AvgIpc) is 2.67. The largest absolute Gasteiger partial charge is 0.330 e. The Bertz CT molecular complexity index is 497. The van der Waals surface area contributed by atoms with Crippen molar-refractivity contribution in [2.24, 2.45) is 5.73 Å². The quantitative estimate of drug-likeness (QED) is 0.904. The summed E-state index contributed by atoms with van der Waals surface area (Å²) >= 11 is 3.27. The van der Waals surface area contributed by atoms with Gasteiger partial charge < -0.3 is 5.73 Å². The van der Waals surface area contributed by atoms with E-state index in [0.29, 0.717) is 23.3 Å². The van der Waals surface area contributed by atoms with Gasteiger partial charge in [0.1, 0.15) is 11.6 Å². The van der Waals surface area contributed by atoms with E-state index in [0.717, 1.165) is 11.4 Å².